The van der Waals surface area contributed by atoms with Gasteiger partial charge in [-0.1, -0.05) is 137 Å². The first-order valence-corrected chi connectivity index (χ1v) is 23.8. The molecule has 1 aliphatic carbocycles. The Labute approximate surface area is 394 Å². The van der Waals surface area contributed by atoms with Crippen molar-refractivity contribution in [1.82, 2.24) is 18.3 Å². The number of aromatic nitrogens is 4. The molecule has 13 rings (SSSR count). The first-order chi connectivity index (χ1) is 33.4. The van der Waals surface area contributed by atoms with Gasteiger partial charge in [0.25, 0.3) is 0 Å². The van der Waals surface area contributed by atoms with Crippen LogP contribution in [0.1, 0.15) is 79.5 Å². The van der Waals surface area contributed by atoms with Gasteiger partial charge in [-0.2, -0.15) is 10.5 Å². The van der Waals surface area contributed by atoms with Crippen molar-refractivity contribution < 1.29 is 0 Å². The van der Waals surface area contributed by atoms with Crippen molar-refractivity contribution in [3.8, 4) is 34.9 Å². The van der Waals surface area contributed by atoms with Gasteiger partial charge in [0, 0.05) is 60.3 Å². The average molecular weight is 875 g/mol. The van der Waals surface area contributed by atoms with E-state index in [1.165, 1.54) is 10.9 Å². The zero-order valence-electron chi connectivity index (χ0n) is 38.4. The number of nitrogens with zero attached hydrogens (tertiary/aromatic N) is 6. The zero-order chi connectivity index (χ0) is 45.9. The Hall–Kier alpha value is -8.58. The fraction of sp³-hybridized carbons (Fsp3) is 0.129. The number of nitriles is 2. The van der Waals surface area contributed by atoms with E-state index in [0.29, 0.717) is 11.1 Å². The monoisotopic (exact) mass is 874 g/mol. The maximum atomic E-state index is 11.8. The first kappa shape index (κ1) is 39.8. The molecule has 1 aliphatic rings. The number of fused-ring (bicyclic) bond motifs is 14. The topological polar surface area (TPSA) is 67.3 Å². The lowest BCUT2D eigenvalue weighted by Gasteiger charge is -2.28. The number of allylic oxidation sites excluding steroid dienone is 1. The second kappa shape index (κ2) is 15.0. The molecule has 68 heavy (non-hydrogen) atoms. The summed E-state index contributed by atoms with van der Waals surface area (Å²) in [6.45, 7) is 8.72. The predicted octanol–water partition coefficient (Wildman–Crippen LogP) is 15.9. The highest BCUT2D eigenvalue weighted by atomic mass is 15.1. The molecule has 0 radical (unpaired) electrons. The summed E-state index contributed by atoms with van der Waals surface area (Å²) in [6.07, 6.45) is 6.38. The lowest BCUT2D eigenvalue weighted by Crippen LogP contribution is -2.17. The molecule has 0 atom stereocenters. The van der Waals surface area contributed by atoms with Crippen molar-refractivity contribution in [3.63, 3.8) is 0 Å². The number of rotatable bonds is 6. The zero-order valence-corrected chi connectivity index (χ0v) is 38.4. The van der Waals surface area contributed by atoms with E-state index < -0.39 is 0 Å². The molecule has 0 amide bonds. The van der Waals surface area contributed by atoms with Crippen molar-refractivity contribution in [2.45, 2.75) is 52.4 Å². The third kappa shape index (κ3) is 5.32. The molecule has 6 nitrogen and oxygen atoms in total. The summed E-state index contributed by atoms with van der Waals surface area (Å²) in [5.41, 5.74) is 16.7. The fourth-order valence-electron chi connectivity index (χ4n) is 12.0. The van der Waals surface area contributed by atoms with Gasteiger partial charge in [-0.25, -0.2) is 0 Å². The van der Waals surface area contributed by atoms with Gasteiger partial charge in [-0.15, -0.1) is 0 Å². The summed E-state index contributed by atoms with van der Waals surface area (Å²) in [5.74, 6) is -0.272. The molecule has 0 N–H and O–H groups in total. The first-order valence-electron chi connectivity index (χ1n) is 23.8. The van der Waals surface area contributed by atoms with E-state index in [4.69, 9.17) is 0 Å². The lowest BCUT2D eigenvalue weighted by atomic mass is 9.83. The number of hydrogen-bond acceptors (Lipinski definition) is 2. The van der Waals surface area contributed by atoms with Gasteiger partial charge in [0.1, 0.15) is 12.1 Å². The SMILES string of the molecule is CC(C)c1c(C#N)c(-n2c3c(c4ccc5c(c6ccccc6n5-c5ccccc5)c42)CCC=C3)c(C(C)C)c(-n2c3ccccc3c3ccc4c(c5ccccc5n4-c4ccccc4)c32)c1C#N. The lowest BCUT2D eigenvalue weighted by molar-refractivity contribution is 0.810. The van der Waals surface area contributed by atoms with Gasteiger partial charge in [-0.3, -0.25) is 0 Å². The van der Waals surface area contributed by atoms with Crippen LogP contribution in [-0.4, -0.2) is 18.3 Å². The molecular weight excluding hydrogens is 829 g/mol. The predicted molar refractivity (Wildman–Crippen MR) is 281 cm³/mol. The van der Waals surface area contributed by atoms with Gasteiger partial charge < -0.3 is 18.3 Å². The Morgan fingerprint density at radius 2 is 0.882 bits per heavy atom. The van der Waals surface area contributed by atoms with E-state index >= 15 is 0 Å². The van der Waals surface area contributed by atoms with Gasteiger partial charge in [-0.05, 0) is 96.5 Å². The number of para-hydroxylation sites is 5. The molecule has 0 bridgehead atoms. The van der Waals surface area contributed by atoms with Crippen LogP contribution in [0.3, 0.4) is 0 Å². The summed E-state index contributed by atoms with van der Waals surface area (Å²) in [6, 6.07) is 62.0. The van der Waals surface area contributed by atoms with E-state index in [2.05, 4.69) is 228 Å². The van der Waals surface area contributed by atoms with Crippen LogP contribution in [0.4, 0.5) is 0 Å². The van der Waals surface area contributed by atoms with E-state index in [9.17, 15) is 10.5 Å². The van der Waals surface area contributed by atoms with Crippen LogP contribution < -0.4 is 0 Å². The molecule has 6 heteroatoms. The maximum Gasteiger partial charge on any atom is 0.102 e. The van der Waals surface area contributed by atoms with E-state index in [1.54, 1.807) is 0 Å². The minimum absolute atomic E-state index is 0.118. The molecule has 0 aliphatic heterocycles. The fourth-order valence-corrected chi connectivity index (χ4v) is 12.0. The number of benzene rings is 8. The van der Waals surface area contributed by atoms with Crippen LogP contribution >= 0.6 is 0 Å². The third-order valence-electron chi connectivity index (χ3n) is 14.6. The van der Waals surface area contributed by atoms with Gasteiger partial charge >= 0.3 is 0 Å². The molecule has 0 fully saturated rings. The van der Waals surface area contributed by atoms with E-state index in [-0.39, 0.29) is 11.8 Å². The second-order valence-electron chi connectivity index (χ2n) is 18.9. The molecule has 0 spiro atoms. The smallest absolute Gasteiger partial charge is 0.102 e. The summed E-state index contributed by atoms with van der Waals surface area (Å²) in [5, 5.41) is 31.6. The van der Waals surface area contributed by atoms with Crippen LogP contribution in [0, 0.1) is 22.7 Å². The Bertz CT molecular complexity index is 4210. The molecule has 8 aromatic carbocycles. The van der Waals surface area contributed by atoms with Gasteiger partial charge in [0.15, 0.2) is 0 Å². The second-order valence-corrected chi connectivity index (χ2v) is 18.9. The largest absolute Gasteiger partial charge is 0.309 e. The molecule has 0 saturated carbocycles. The quantitative estimate of drug-likeness (QED) is 0.167. The molecule has 4 aromatic heterocycles. The summed E-state index contributed by atoms with van der Waals surface area (Å²) in [7, 11) is 0. The van der Waals surface area contributed by atoms with Crippen LogP contribution in [0.25, 0.3) is 105 Å². The van der Waals surface area contributed by atoms with Crippen molar-refractivity contribution in [2.24, 2.45) is 0 Å². The standard InChI is InChI=1S/C62H46N6/c1-37(2)55-47(35-63)61(67-49-27-15-11-23-41(49)43-31-33-53-57(59(43)67)45-25-13-17-29-51(45)65(53)39-19-7-5-8-20-39)56(38(3)4)62(48(55)36-64)68-50-28-16-12-24-42(50)44-32-34-54-58(60(44)68)46-26-14-18-30-52(46)66(54)40-21-9-6-10-22-40/h5-11,13-23,25-34,37-38H,12,24H2,1-4H3. The number of aryl methyl sites for hydroxylation is 1. The van der Waals surface area contributed by atoms with Crippen LogP contribution in [0.15, 0.2) is 164 Å². The molecule has 4 heterocycles. The highest BCUT2D eigenvalue weighted by Gasteiger charge is 2.34. The van der Waals surface area contributed by atoms with Crippen LogP contribution in [0.5, 0.6) is 0 Å². The molecule has 0 unspecified atom stereocenters. The van der Waals surface area contributed by atoms with E-state index in [0.717, 1.165) is 123 Å². The highest BCUT2D eigenvalue weighted by Crippen LogP contribution is 2.50. The molecule has 0 saturated heterocycles. The molecular formula is C62H46N6. The van der Waals surface area contributed by atoms with Crippen LogP contribution in [-0.2, 0) is 6.42 Å². The molecule has 324 valence electrons. The Morgan fingerprint density at radius 1 is 0.426 bits per heavy atom. The Kier molecular flexibility index (Phi) is 8.75. The van der Waals surface area contributed by atoms with Crippen molar-refractivity contribution in [3.05, 3.63) is 197 Å². The van der Waals surface area contributed by atoms with Crippen LogP contribution in [0.2, 0.25) is 0 Å². The highest BCUT2D eigenvalue weighted by molar-refractivity contribution is 6.27. The average Bonchev–Trinajstić information content (AvgIpc) is 4.10. The minimum Gasteiger partial charge on any atom is -0.309 e. The third-order valence-corrected chi connectivity index (χ3v) is 14.6. The summed E-state index contributed by atoms with van der Waals surface area (Å²) >= 11 is 0. The Morgan fingerprint density at radius 3 is 1.41 bits per heavy atom. The number of hydrogen-bond donors (Lipinski definition) is 0. The van der Waals surface area contributed by atoms with Crippen molar-refractivity contribution >= 4 is 82.4 Å². The minimum atomic E-state index is -0.153. The van der Waals surface area contributed by atoms with Gasteiger partial charge in [0.2, 0.25) is 0 Å². The summed E-state index contributed by atoms with van der Waals surface area (Å²) < 4.78 is 9.60. The van der Waals surface area contributed by atoms with Crippen molar-refractivity contribution in [1.29, 1.82) is 10.5 Å². The Balaban J connectivity index is 1.28. The maximum absolute atomic E-state index is 11.8. The van der Waals surface area contributed by atoms with Gasteiger partial charge in [0.05, 0.1) is 61.1 Å². The van der Waals surface area contributed by atoms with E-state index in [1.807, 2.05) is 0 Å². The normalized spacial score (nSPS) is 12.8. The molecule has 12 aromatic rings. The summed E-state index contributed by atoms with van der Waals surface area (Å²) in [4.78, 5) is 0. The van der Waals surface area contributed by atoms with Crippen molar-refractivity contribution in [2.75, 3.05) is 0 Å².